The Morgan fingerprint density at radius 1 is 1.15 bits per heavy atom. The fraction of sp³-hybridized carbons (Fsp3) is 0.824. The third-order valence-corrected chi connectivity index (χ3v) is 4.81. The lowest BCUT2D eigenvalue weighted by Gasteiger charge is -2.22. The smallest absolute Gasteiger partial charge is 0.0672 e. The molecule has 20 heavy (non-hydrogen) atoms. The Bertz CT molecular complexity index is 416. The molecule has 1 atom stereocenters. The van der Waals surface area contributed by atoms with Gasteiger partial charge in [-0.15, -0.1) is 0 Å². The monoisotopic (exact) mass is 277 g/mol. The van der Waals surface area contributed by atoms with Crippen LogP contribution in [0.15, 0.2) is 0 Å². The van der Waals surface area contributed by atoms with Crippen LogP contribution >= 0.6 is 0 Å². The van der Waals surface area contributed by atoms with E-state index in [2.05, 4.69) is 25.5 Å². The van der Waals surface area contributed by atoms with Crippen molar-refractivity contribution in [2.75, 3.05) is 0 Å². The first-order chi connectivity index (χ1) is 9.71. The molecule has 0 aliphatic heterocycles. The van der Waals surface area contributed by atoms with Gasteiger partial charge < -0.3 is 5.73 Å². The zero-order valence-electron chi connectivity index (χ0n) is 13.5. The van der Waals surface area contributed by atoms with Crippen LogP contribution in [0, 0.1) is 5.92 Å². The fourth-order valence-corrected chi connectivity index (χ4v) is 3.60. The predicted octanol–water partition coefficient (Wildman–Crippen LogP) is 4.00. The molecule has 0 radical (unpaired) electrons. The lowest BCUT2D eigenvalue weighted by molar-refractivity contribution is 0.304. The number of nitrogens with zero attached hydrogens (tertiary/aromatic N) is 2. The zero-order valence-corrected chi connectivity index (χ0v) is 13.5. The van der Waals surface area contributed by atoms with Gasteiger partial charge in [0, 0.05) is 23.8 Å². The Kier molecular flexibility index (Phi) is 5.64. The zero-order chi connectivity index (χ0) is 14.5. The van der Waals surface area contributed by atoms with Crippen LogP contribution in [0.3, 0.4) is 0 Å². The molecule has 2 rings (SSSR count). The van der Waals surface area contributed by atoms with Crippen LogP contribution in [-0.4, -0.2) is 9.78 Å². The third-order valence-electron chi connectivity index (χ3n) is 4.81. The Hall–Kier alpha value is -0.830. The van der Waals surface area contributed by atoms with Crippen molar-refractivity contribution < 1.29 is 0 Å². The van der Waals surface area contributed by atoms with Gasteiger partial charge in [0.15, 0.2) is 0 Å². The molecule has 1 unspecified atom stereocenters. The summed E-state index contributed by atoms with van der Waals surface area (Å²) < 4.78 is 2.29. The molecule has 1 saturated carbocycles. The van der Waals surface area contributed by atoms with E-state index in [1.54, 1.807) is 0 Å². The van der Waals surface area contributed by atoms with Crippen molar-refractivity contribution in [1.82, 2.24) is 9.78 Å². The first kappa shape index (κ1) is 15.6. The Morgan fingerprint density at radius 2 is 1.85 bits per heavy atom. The number of hydrogen-bond acceptors (Lipinski definition) is 2. The van der Waals surface area contributed by atoms with E-state index in [9.17, 15) is 0 Å². The van der Waals surface area contributed by atoms with Gasteiger partial charge in [-0.3, -0.25) is 4.68 Å². The minimum atomic E-state index is 0.153. The van der Waals surface area contributed by atoms with Gasteiger partial charge in [-0.25, -0.2) is 0 Å². The van der Waals surface area contributed by atoms with E-state index in [0.717, 1.165) is 31.7 Å². The molecule has 1 aliphatic carbocycles. The highest BCUT2D eigenvalue weighted by Crippen LogP contribution is 2.29. The molecular weight excluding hydrogens is 246 g/mol. The van der Waals surface area contributed by atoms with Crippen LogP contribution in [0.1, 0.15) is 82.3 Å². The van der Waals surface area contributed by atoms with Crippen LogP contribution in [0.2, 0.25) is 0 Å². The molecule has 0 saturated heterocycles. The third kappa shape index (κ3) is 3.25. The molecule has 1 aliphatic rings. The van der Waals surface area contributed by atoms with E-state index in [4.69, 9.17) is 10.8 Å². The Morgan fingerprint density at radius 3 is 2.40 bits per heavy atom. The molecule has 3 heteroatoms. The van der Waals surface area contributed by atoms with Gasteiger partial charge >= 0.3 is 0 Å². The maximum Gasteiger partial charge on any atom is 0.0672 e. The summed E-state index contributed by atoms with van der Waals surface area (Å²) in [6, 6.07) is 0.153. The summed E-state index contributed by atoms with van der Waals surface area (Å²) in [6.07, 6.45) is 10.00. The number of aryl methyl sites for hydroxylation is 1. The topological polar surface area (TPSA) is 43.8 Å². The second-order valence-corrected chi connectivity index (χ2v) is 6.22. The first-order valence-corrected chi connectivity index (χ1v) is 8.55. The maximum atomic E-state index is 6.34. The second kappa shape index (κ2) is 7.26. The van der Waals surface area contributed by atoms with Crippen molar-refractivity contribution in [1.29, 1.82) is 0 Å². The molecule has 0 bridgehead atoms. The van der Waals surface area contributed by atoms with Crippen LogP contribution in [-0.2, 0) is 19.4 Å². The molecule has 1 heterocycles. The van der Waals surface area contributed by atoms with Gasteiger partial charge in [0.25, 0.3) is 0 Å². The average molecular weight is 277 g/mol. The van der Waals surface area contributed by atoms with Crippen LogP contribution in [0.25, 0.3) is 0 Å². The van der Waals surface area contributed by atoms with Crippen LogP contribution in [0.4, 0.5) is 0 Å². The van der Waals surface area contributed by atoms with E-state index in [1.165, 1.54) is 49.1 Å². The Balaban J connectivity index is 2.25. The quantitative estimate of drug-likeness (QED) is 0.854. The van der Waals surface area contributed by atoms with E-state index in [0.29, 0.717) is 0 Å². The number of nitrogens with two attached hydrogens (primary N) is 1. The molecule has 0 aromatic carbocycles. The van der Waals surface area contributed by atoms with Gasteiger partial charge in [0.05, 0.1) is 5.69 Å². The summed E-state index contributed by atoms with van der Waals surface area (Å²) >= 11 is 0. The molecule has 1 fully saturated rings. The van der Waals surface area contributed by atoms with Crippen LogP contribution < -0.4 is 5.73 Å². The van der Waals surface area contributed by atoms with Crippen molar-refractivity contribution in [3.05, 3.63) is 17.0 Å². The molecule has 0 amide bonds. The molecule has 114 valence electrons. The van der Waals surface area contributed by atoms with E-state index in [1.807, 2.05) is 0 Å². The Labute approximate surface area is 123 Å². The molecule has 1 aromatic heterocycles. The highest BCUT2D eigenvalue weighted by atomic mass is 15.3. The maximum absolute atomic E-state index is 6.34. The molecular formula is C17H31N3. The normalized spacial score (nSPS) is 18.4. The van der Waals surface area contributed by atoms with E-state index in [-0.39, 0.29) is 6.04 Å². The van der Waals surface area contributed by atoms with Gasteiger partial charge in [0.1, 0.15) is 0 Å². The minimum absolute atomic E-state index is 0.153. The number of hydrogen-bond donors (Lipinski definition) is 1. The van der Waals surface area contributed by atoms with Crippen molar-refractivity contribution in [2.24, 2.45) is 11.7 Å². The SMILES string of the molecule is CCc1nn(CC2CCCCC2)c(CC)c1C(N)CC. The molecule has 2 N–H and O–H groups in total. The summed E-state index contributed by atoms with van der Waals surface area (Å²) in [4.78, 5) is 0. The first-order valence-electron chi connectivity index (χ1n) is 8.55. The lowest BCUT2D eigenvalue weighted by atomic mass is 9.89. The number of aromatic nitrogens is 2. The van der Waals surface area contributed by atoms with Crippen molar-refractivity contribution in [2.45, 2.75) is 84.7 Å². The van der Waals surface area contributed by atoms with Gasteiger partial charge in [-0.1, -0.05) is 40.0 Å². The highest BCUT2D eigenvalue weighted by Gasteiger charge is 2.22. The average Bonchev–Trinajstić information content (AvgIpc) is 2.85. The van der Waals surface area contributed by atoms with E-state index < -0.39 is 0 Å². The van der Waals surface area contributed by atoms with Crippen LogP contribution in [0.5, 0.6) is 0 Å². The molecule has 3 nitrogen and oxygen atoms in total. The van der Waals surface area contributed by atoms with Gasteiger partial charge in [-0.05, 0) is 38.0 Å². The summed E-state index contributed by atoms with van der Waals surface area (Å²) in [6.45, 7) is 7.70. The molecule has 1 aromatic rings. The lowest BCUT2D eigenvalue weighted by Crippen LogP contribution is -2.18. The van der Waals surface area contributed by atoms with Crippen molar-refractivity contribution in [3.8, 4) is 0 Å². The number of rotatable bonds is 6. The largest absolute Gasteiger partial charge is 0.324 e. The van der Waals surface area contributed by atoms with Gasteiger partial charge in [-0.2, -0.15) is 5.10 Å². The standard InChI is InChI=1S/C17H31N3/c1-4-14(18)17-15(5-2)19-20(16(17)6-3)12-13-10-8-7-9-11-13/h13-14H,4-12,18H2,1-3H3. The second-order valence-electron chi connectivity index (χ2n) is 6.22. The van der Waals surface area contributed by atoms with Gasteiger partial charge in [0.2, 0.25) is 0 Å². The summed E-state index contributed by atoms with van der Waals surface area (Å²) in [5.74, 6) is 0.823. The minimum Gasteiger partial charge on any atom is -0.324 e. The summed E-state index contributed by atoms with van der Waals surface area (Å²) in [7, 11) is 0. The fourth-order valence-electron chi connectivity index (χ4n) is 3.60. The predicted molar refractivity (Wildman–Crippen MR) is 84.8 cm³/mol. The molecule has 0 spiro atoms. The van der Waals surface area contributed by atoms with E-state index >= 15 is 0 Å². The summed E-state index contributed by atoms with van der Waals surface area (Å²) in [5.41, 5.74) is 10.3. The van der Waals surface area contributed by atoms with Crippen molar-refractivity contribution in [3.63, 3.8) is 0 Å². The summed E-state index contributed by atoms with van der Waals surface area (Å²) in [5, 5.41) is 4.90. The van der Waals surface area contributed by atoms with Crippen molar-refractivity contribution >= 4 is 0 Å². The highest BCUT2D eigenvalue weighted by molar-refractivity contribution is 5.30.